The zero-order valence-electron chi connectivity index (χ0n) is 11.1. The van der Waals surface area contributed by atoms with E-state index in [1.165, 1.54) is 36.4 Å². The van der Waals surface area contributed by atoms with Gasteiger partial charge < -0.3 is 5.11 Å². The molecule has 5 nitrogen and oxygen atoms in total. The second-order valence-corrected chi connectivity index (χ2v) is 6.64. The molecule has 116 valence electrons. The molecule has 0 unspecified atom stereocenters. The van der Waals surface area contributed by atoms with Crippen LogP contribution in [0.5, 0.6) is 0 Å². The van der Waals surface area contributed by atoms with Crippen molar-refractivity contribution in [2.45, 2.75) is 4.90 Å². The third-order valence-electron chi connectivity index (χ3n) is 2.78. The number of hydrogen-bond acceptors (Lipinski definition) is 3. The number of carboxylic acids is 1. The molecule has 0 fully saturated rings. The first-order chi connectivity index (χ1) is 10.3. The summed E-state index contributed by atoms with van der Waals surface area (Å²) in [7, 11) is -4.16. The van der Waals surface area contributed by atoms with Gasteiger partial charge in [-0.05, 0) is 42.5 Å². The summed E-state index contributed by atoms with van der Waals surface area (Å²) in [5, 5.41) is 9.29. The topological polar surface area (TPSA) is 74.7 Å². The number of nitrogens with zero attached hydrogens (tertiary/aromatic N) is 1. The first kappa shape index (κ1) is 16.3. The highest BCUT2D eigenvalue weighted by atomic mass is 35.5. The van der Waals surface area contributed by atoms with Gasteiger partial charge in [-0.1, -0.05) is 17.7 Å². The van der Waals surface area contributed by atoms with Gasteiger partial charge in [0, 0.05) is 5.02 Å². The molecule has 0 aliphatic carbocycles. The van der Waals surface area contributed by atoms with Crippen LogP contribution in [0.1, 0.15) is 0 Å². The lowest BCUT2D eigenvalue weighted by atomic mass is 10.3. The van der Waals surface area contributed by atoms with E-state index in [1.54, 1.807) is 0 Å². The Labute approximate surface area is 131 Å². The highest BCUT2D eigenvalue weighted by Gasteiger charge is 2.27. The Balaban J connectivity index is 2.53. The molecule has 22 heavy (non-hydrogen) atoms. The molecule has 0 atom stereocenters. The number of sulfonamides is 1. The van der Waals surface area contributed by atoms with Gasteiger partial charge in [-0.25, -0.2) is 12.8 Å². The minimum Gasteiger partial charge on any atom is -0.480 e. The fourth-order valence-corrected chi connectivity index (χ4v) is 3.33. The highest BCUT2D eigenvalue weighted by molar-refractivity contribution is 7.92. The van der Waals surface area contributed by atoms with Crippen molar-refractivity contribution in [3.63, 3.8) is 0 Å². The Bertz CT molecular complexity index is 793. The SMILES string of the molecule is O=C(O)CN(c1cccc(F)c1)S(=O)(=O)c1ccc(Cl)cc1. The number of carboxylic acid groups (broad SMARTS) is 1. The van der Waals surface area contributed by atoms with E-state index in [4.69, 9.17) is 16.7 Å². The lowest BCUT2D eigenvalue weighted by molar-refractivity contribution is -0.135. The average Bonchev–Trinajstić information content (AvgIpc) is 2.45. The minimum absolute atomic E-state index is 0.0719. The molecule has 8 heteroatoms. The zero-order chi connectivity index (χ0) is 16.3. The summed E-state index contributed by atoms with van der Waals surface area (Å²) < 4.78 is 39.1. The lowest BCUT2D eigenvalue weighted by Gasteiger charge is -2.22. The van der Waals surface area contributed by atoms with Gasteiger partial charge in [0.05, 0.1) is 10.6 Å². The van der Waals surface area contributed by atoms with Crippen LogP contribution in [0.25, 0.3) is 0 Å². The standard InChI is InChI=1S/C14H11ClFNO4S/c15-10-4-6-13(7-5-10)22(20,21)17(9-14(18)19)12-3-1-2-11(16)8-12/h1-8H,9H2,(H,18,19). The van der Waals surface area contributed by atoms with Crippen molar-refractivity contribution in [2.75, 3.05) is 10.8 Å². The summed E-state index contributed by atoms with van der Waals surface area (Å²) >= 11 is 5.71. The molecule has 2 rings (SSSR count). The van der Waals surface area contributed by atoms with Crippen molar-refractivity contribution in [3.8, 4) is 0 Å². The van der Waals surface area contributed by atoms with Crippen LogP contribution < -0.4 is 4.31 Å². The van der Waals surface area contributed by atoms with E-state index in [0.29, 0.717) is 9.33 Å². The smallest absolute Gasteiger partial charge is 0.324 e. The van der Waals surface area contributed by atoms with E-state index in [1.807, 2.05) is 0 Å². The molecule has 0 amide bonds. The summed E-state index contributed by atoms with van der Waals surface area (Å²) in [6.45, 7) is -0.825. The van der Waals surface area contributed by atoms with Crippen molar-refractivity contribution in [2.24, 2.45) is 0 Å². The van der Waals surface area contributed by atoms with E-state index in [-0.39, 0.29) is 10.6 Å². The van der Waals surface area contributed by atoms with Gasteiger partial charge in [0.2, 0.25) is 0 Å². The Morgan fingerprint density at radius 2 is 1.82 bits per heavy atom. The number of carbonyl (C=O) groups is 1. The summed E-state index contributed by atoms with van der Waals surface area (Å²) in [6.07, 6.45) is 0. The van der Waals surface area contributed by atoms with Gasteiger partial charge in [-0.15, -0.1) is 0 Å². The minimum atomic E-state index is -4.16. The summed E-state index contributed by atoms with van der Waals surface area (Å²) in [5.41, 5.74) is -0.0719. The molecule has 2 aromatic rings. The van der Waals surface area contributed by atoms with Crippen LogP contribution in [0.2, 0.25) is 5.02 Å². The Hall–Kier alpha value is -2.12. The Kier molecular flexibility index (Phi) is 4.68. The molecule has 0 spiro atoms. The number of halogens is 2. The molecular formula is C14H11ClFNO4S. The highest BCUT2D eigenvalue weighted by Crippen LogP contribution is 2.25. The molecular weight excluding hydrogens is 333 g/mol. The number of aliphatic carboxylic acids is 1. The second-order valence-electron chi connectivity index (χ2n) is 4.34. The molecule has 0 bridgehead atoms. The largest absolute Gasteiger partial charge is 0.480 e. The number of hydrogen-bond donors (Lipinski definition) is 1. The van der Waals surface area contributed by atoms with E-state index >= 15 is 0 Å². The number of benzene rings is 2. The average molecular weight is 344 g/mol. The predicted octanol–water partition coefficient (Wildman–Crippen LogP) is 2.76. The van der Waals surface area contributed by atoms with Crippen LogP contribution >= 0.6 is 11.6 Å². The maximum absolute atomic E-state index is 13.3. The van der Waals surface area contributed by atoms with Gasteiger partial charge in [0.1, 0.15) is 12.4 Å². The first-order valence-electron chi connectivity index (χ1n) is 6.06. The van der Waals surface area contributed by atoms with Gasteiger partial charge >= 0.3 is 5.97 Å². The van der Waals surface area contributed by atoms with Crippen molar-refractivity contribution in [1.82, 2.24) is 0 Å². The van der Waals surface area contributed by atoms with Crippen molar-refractivity contribution < 1.29 is 22.7 Å². The Morgan fingerprint density at radius 3 is 2.36 bits per heavy atom. The normalized spacial score (nSPS) is 11.2. The summed E-state index contributed by atoms with van der Waals surface area (Å²) in [4.78, 5) is 10.8. The fraction of sp³-hybridized carbons (Fsp3) is 0.0714. The molecule has 0 aromatic heterocycles. The van der Waals surface area contributed by atoms with E-state index in [2.05, 4.69) is 0 Å². The van der Waals surface area contributed by atoms with E-state index in [9.17, 15) is 17.6 Å². The van der Waals surface area contributed by atoms with E-state index in [0.717, 1.165) is 12.1 Å². The van der Waals surface area contributed by atoms with Crippen molar-refractivity contribution in [1.29, 1.82) is 0 Å². The van der Waals surface area contributed by atoms with Gasteiger partial charge in [-0.2, -0.15) is 0 Å². The molecule has 0 saturated carbocycles. The second kappa shape index (κ2) is 6.33. The monoisotopic (exact) mass is 343 g/mol. The van der Waals surface area contributed by atoms with Gasteiger partial charge in [0.25, 0.3) is 10.0 Å². The quantitative estimate of drug-likeness (QED) is 0.905. The van der Waals surface area contributed by atoms with Crippen LogP contribution in [-0.4, -0.2) is 26.0 Å². The van der Waals surface area contributed by atoms with Crippen LogP contribution in [-0.2, 0) is 14.8 Å². The summed E-state index contributed by atoms with van der Waals surface area (Å²) in [6, 6.07) is 9.97. The molecule has 0 radical (unpaired) electrons. The van der Waals surface area contributed by atoms with Crippen molar-refractivity contribution >= 4 is 33.3 Å². The number of rotatable bonds is 5. The molecule has 2 aromatic carbocycles. The number of anilines is 1. The summed E-state index contributed by atoms with van der Waals surface area (Å²) in [5.74, 6) is -2.03. The van der Waals surface area contributed by atoms with Gasteiger partial charge in [0.15, 0.2) is 0 Å². The Morgan fingerprint density at radius 1 is 1.18 bits per heavy atom. The molecule has 0 aliphatic heterocycles. The first-order valence-corrected chi connectivity index (χ1v) is 7.88. The fourth-order valence-electron chi connectivity index (χ4n) is 1.80. The third kappa shape index (κ3) is 3.55. The van der Waals surface area contributed by atoms with Crippen LogP contribution in [0.15, 0.2) is 53.4 Å². The molecule has 0 aliphatic rings. The molecule has 0 saturated heterocycles. The maximum atomic E-state index is 13.3. The predicted molar refractivity (Wildman–Crippen MR) is 80.0 cm³/mol. The van der Waals surface area contributed by atoms with Crippen LogP contribution in [0, 0.1) is 5.82 Å². The molecule has 1 N–H and O–H groups in total. The van der Waals surface area contributed by atoms with Crippen LogP contribution in [0.4, 0.5) is 10.1 Å². The lowest BCUT2D eigenvalue weighted by Crippen LogP contribution is -2.35. The van der Waals surface area contributed by atoms with E-state index < -0.39 is 28.4 Å². The third-order valence-corrected chi connectivity index (χ3v) is 4.82. The zero-order valence-corrected chi connectivity index (χ0v) is 12.7. The van der Waals surface area contributed by atoms with Crippen LogP contribution in [0.3, 0.4) is 0 Å². The van der Waals surface area contributed by atoms with Crippen molar-refractivity contribution in [3.05, 3.63) is 59.4 Å². The van der Waals surface area contributed by atoms with Gasteiger partial charge in [-0.3, -0.25) is 9.10 Å². The maximum Gasteiger partial charge on any atom is 0.324 e. The molecule has 0 heterocycles.